The van der Waals surface area contributed by atoms with Gasteiger partial charge in [-0.1, -0.05) is 84.7 Å². The Hall–Kier alpha value is -2.36. The van der Waals surface area contributed by atoms with Crippen molar-refractivity contribution < 1.29 is 19.5 Å². The molecule has 8 atom stereocenters. The predicted molar refractivity (Wildman–Crippen MR) is 162 cm³/mol. The number of alkyl halides is 1. The van der Waals surface area contributed by atoms with Crippen molar-refractivity contribution in [1.29, 1.82) is 0 Å². The Balaban J connectivity index is 1.53. The van der Waals surface area contributed by atoms with Crippen LogP contribution in [0.1, 0.15) is 43.4 Å². The summed E-state index contributed by atoms with van der Waals surface area (Å²) in [6.45, 7) is 8.06. The Kier molecular flexibility index (Phi) is 8.37. The number of hydrogen-bond donors (Lipinski definition) is 3. The summed E-state index contributed by atoms with van der Waals surface area (Å²) in [4.78, 5) is 44.1. The molecule has 0 radical (unpaired) electrons. The molecule has 2 aromatic rings. The van der Waals surface area contributed by atoms with Gasteiger partial charge in [-0.15, -0.1) is 11.8 Å². The number of benzene rings is 2. The number of fused-ring (bicyclic) bond motifs is 1. The quantitative estimate of drug-likeness (QED) is 0.357. The summed E-state index contributed by atoms with van der Waals surface area (Å²) < 4.78 is -0.772. The lowest BCUT2D eigenvalue weighted by atomic mass is 9.70. The molecule has 3 heterocycles. The first-order chi connectivity index (χ1) is 19.1. The summed E-state index contributed by atoms with van der Waals surface area (Å²) in [5, 5.41) is 16.6. The number of anilines is 1. The fourth-order valence-corrected chi connectivity index (χ4v) is 10.5. The van der Waals surface area contributed by atoms with E-state index in [2.05, 4.69) is 26.6 Å². The summed E-state index contributed by atoms with van der Waals surface area (Å²) in [5.41, 5.74) is 3.62. The summed E-state index contributed by atoms with van der Waals surface area (Å²) in [6, 6.07) is 14.2. The van der Waals surface area contributed by atoms with Crippen molar-refractivity contribution in [2.24, 2.45) is 17.8 Å². The van der Waals surface area contributed by atoms with Gasteiger partial charge >= 0.3 is 0 Å². The van der Waals surface area contributed by atoms with Crippen LogP contribution in [-0.2, 0) is 20.9 Å². The third-order valence-corrected chi connectivity index (χ3v) is 12.4. The van der Waals surface area contributed by atoms with Crippen molar-refractivity contribution in [2.75, 3.05) is 11.9 Å². The number of hydrogen-bond acceptors (Lipinski definition) is 5. The van der Waals surface area contributed by atoms with Gasteiger partial charge in [0, 0.05) is 22.3 Å². The Labute approximate surface area is 249 Å². The van der Waals surface area contributed by atoms with Crippen molar-refractivity contribution in [2.45, 2.75) is 74.0 Å². The highest BCUT2D eigenvalue weighted by atomic mass is 79.9. The molecular weight excluding hydrogens is 590 g/mol. The number of carbonyl (C=O) groups is 3. The highest BCUT2D eigenvalue weighted by Crippen LogP contribution is 2.68. The minimum absolute atomic E-state index is 0.0133. The third kappa shape index (κ3) is 4.77. The number of nitrogens with one attached hydrogen (secondary N) is 2. The average molecular weight is 629 g/mol. The van der Waals surface area contributed by atoms with Crippen LogP contribution in [0.2, 0.25) is 0 Å². The van der Waals surface area contributed by atoms with Gasteiger partial charge in [-0.05, 0) is 42.9 Å². The maximum Gasteiger partial charge on any atom is 0.248 e. The van der Waals surface area contributed by atoms with Gasteiger partial charge in [0.25, 0.3) is 0 Å². The molecular formula is C31H38BrN3O4S. The van der Waals surface area contributed by atoms with Gasteiger partial charge in [-0.2, -0.15) is 0 Å². The SMILES string of the molecule is CC[C@H](C)[C@H](CO)N1C(=O)[C@@H]2[C@H](C(=O)NCc3ccccc3)[C@H]3SC2(CC3Br)C1C(=O)Nc1c(C)cccc1C. The monoisotopic (exact) mass is 627 g/mol. The molecule has 0 saturated carbocycles. The molecule has 5 rings (SSSR count). The highest BCUT2D eigenvalue weighted by molar-refractivity contribution is 9.09. The van der Waals surface area contributed by atoms with Gasteiger partial charge in [0.2, 0.25) is 17.7 Å². The molecule has 9 heteroatoms. The van der Waals surface area contributed by atoms with E-state index in [1.807, 2.05) is 76.2 Å². The molecule has 2 bridgehead atoms. The maximum atomic E-state index is 14.4. The summed E-state index contributed by atoms with van der Waals surface area (Å²) in [6.07, 6.45) is 1.34. The van der Waals surface area contributed by atoms with E-state index < -0.39 is 28.7 Å². The third-order valence-electron chi connectivity index (χ3n) is 9.16. The lowest BCUT2D eigenvalue weighted by Gasteiger charge is -2.39. The van der Waals surface area contributed by atoms with Crippen LogP contribution in [0.15, 0.2) is 48.5 Å². The zero-order chi connectivity index (χ0) is 28.8. The highest BCUT2D eigenvalue weighted by Gasteiger charge is 2.76. The van der Waals surface area contributed by atoms with E-state index >= 15 is 0 Å². The lowest BCUT2D eigenvalue weighted by molar-refractivity contribution is -0.143. The van der Waals surface area contributed by atoms with Gasteiger partial charge in [0.1, 0.15) is 6.04 Å². The fraction of sp³-hybridized carbons (Fsp3) is 0.516. The molecule has 0 aliphatic carbocycles. The van der Waals surface area contributed by atoms with Crippen LogP contribution >= 0.6 is 27.7 Å². The van der Waals surface area contributed by atoms with Gasteiger partial charge in [-0.3, -0.25) is 14.4 Å². The van der Waals surface area contributed by atoms with Crippen LogP contribution in [-0.4, -0.2) is 61.2 Å². The molecule has 3 saturated heterocycles. The van der Waals surface area contributed by atoms with Crippen molar-refractivity contribution in [3.05, 3.63) is 65.2 Å². The van der Waals surface area contributed by atoms with Gasteiger partial charge in [-0.25, -0.2) is 0 Å². The largest absolute Gasteiger partial charge is 0.394 e. The van der Waals surface area contributed by atoms with Crippen LogP contribution in [0.3, 0.4) is 0 Å². The number of likely N-dealkylation sites (tertiary alicyclic amines) is 1. The Morgan fingerprint density at radius 2 is 1.80 bits per heavy atom. The van der Waals surface area contributed by atoms with E-state index in [0.717, 1.165) is 28.8 Å². The number of aryl methyl sites for hydroxylation is 2. The number of carbonyl (C=O) groups excluding carboxylic acids is 3. The molecule has 3 fully saturated rings. The molecule has 214 valence electrons. The van der Waals surface area contributed by atoms with E-state index in [1.54, 1.807) is 16.7 Å². The number of para-hydroxylation sites is 1. The van der Waals surface area contributed by atoms with Gasteiger partial charge < -0.3 is 20.6 Å². The van der Waals surface area contributed by atoms with E-state index in [0.29, 0.717) is 13.0 Å². The minimum Gasteiger partial charge on any atom is -0.394 e. The summed E-state index contributed by atoms with van der Waals surface area (Å²) in [7, 11) is 0. The van der Waals surface area contributed by atoms with E-state index in [9.17, 15) is 19.5 Å². The molecule has 3 unspecified atom stereocenters. The molecule has 7 nitrogen and oxygen atoms in total. The predicted octanol–water partition coefficient (Wildman–Crippen LogP) is 4.43. The second kappa shape index (κ2) is 11.5. The topological polar surface area (TPSA) is 98.7 Å². The number of halogens is 1. The van der Waals surface area contributed by atoms with Gasteiger partial charge in [0.05, 0.1) is 29.2 Å². The number of nitrogens with zero attached hydrogens (tertiary/aromatic N) is 1. The van der Waals surface area contributed by atoms with Crippen LogP contribution in [0.25, 0.3) is 0 Å². The standard InChI is InChI=1S/C31H38BrN3O4S/c1-5-17(2)22(16-36)35-27(29(38)34-25-18(3)10-9-11-19(25)4)31-14-21(32)26(40-31)23(24(31)30(35)39)28(37)33-15-20-12-7-6-8-13-20/h6-13,17,21-24,26-27,36H,5,14-16H2,1-4H3,(H,33,37)(H,34,38)/t17-,21?,22-,23-,24-,26-,27?,31?/m0/s1. The van der Waals surface area contributed by atoms with Crippen molar-refractivity contribution in [1.82, 2.24) is 10.2 Å². The Morgan fingerprint density at radius 3 is 2.42 bits per heavy atom. The molecule has 40 heavy (non-hydrogen) atoms. The fourth-order valence-electron chi connectivity index (χ4n) is 6.94. The molecule has 3 aliphatic rings. The number of amides is 3. The normalized spacial score (nSPS) is 30.2. The zero-order valence-electron chi connectivity index (χ0n) is 23.4. The van der Waals surface area contributed by atoms with E-state index in [-0.39, 0.29) is 40.3 Å². The summed E-state index contributed by atoms with van der Waals surface area (Å²) >= 11 is 5.44. The molecule has 0 aromatic heterocycles. The number of thioether (sulfide) groups is 1. The van der Waals surface area contributed by atoms with E-state index in [1.165, 1.54) is 0 Å². The first kappa shape index (κ1) is 29.1. The van der Waals surface area contributed by atoms with Crippen LogP contribution in [0.4, 0.5) is 5.69 Å². The average Bonchev–Trinajstić information content (AvgIpc) is 3.54. The van der Waals surface area contributed by atoms with Crippen molar-refractivity contribution in [3.63, 3.8) is 0 Å². The van der Waals surface area contributed by atoms with Crippen LogP contribution in [0.5, 0.6) is 0 Å². The lowest BCUT2D eigenvalue weighted by Crippen LogP contribution is -2.56. The van der Waals surface area contributed by atoms with Crippen LogP contribution in [0, 0.1) is 31.6 Å². The molecule has 2 aromatic carbocycles. The molecule has 1 spiro atoms. The maximum absolute atomic E-state index is 14.4. The molecule has 3 N–H and O–H groups in total. The van der Waals surface area contributed by atoms with Crippen LogP contribution < -0.4 is 10.6 Å². The van der Waals surface area contributed by atoms with Gasteiger partial charge in [0.15, 0.2) is 0 Å². The Bertz CT molecular complexity index is 1270. The molecule has 3 aliphatic heterocycles. The zero-order valence-corrected chi connectivity index (χ0v) is 25.8. The number of rotatable bonds is 9. The van der Waals surface area contributed by atoms with Crippen molar-refractivity contribution >= 4 is 51.1 Å². The van der Waals surface area contributed by atoms with Crippen molar-refractivity contribution in [3.8, 4) is 0 Å². The Morgan fingerprint density at radius 1 is 1.12 bits per heavy atom. The molecule has 3 amide bonds. The second-order valence-electron chi connectivity index (χ2n) is 11.5. The second-order valence-corrected chi connectivity index (χ2v) is 14.2. The smallest absolute Gasteiger partial charge is 0.248 e. The first-order valence-electron chi connectivity index (χ1n) is 14.1. The number of aliphatic hydroxyl groups excluding tert-OH is 1. The van der Waals surface area contributed by atoms with E-state index in [4.69, 9.17) is 0 Å². The summed E-state index contributed by atoms with van der Waals surface area (Å²) in [5.74, 6) is -1.85. The minimum atomic E-state index is -0.808. The first-order valence-corrected chi connectivity index (χ1v) is 15.9. The number of aliphatic hydroxyl groups is 1.